The number of carbonyl (C=O) groups is 1. The van der Waals surface area contributed by atoms with Crippen molar-refractivity contribution in [1.82, 2.24) is 4.90 Å². The van der Waals surface area contributed by atoms with Gasteiger partial charge in [0.05, 0.1) is 11.1 Å². The zero-order valence-electron chi connectivity index (χ0n) is 12.2. The lowest BCUT2D eigenvalue weighted by Gasteiger charge is -2.35. The van der Waals surface area contributed by atoms with Crippen molar-refractivity contribution in [2.45, 2.75) is 43.9 Å². The summed E-state index contributed by atoms with van der Waals surface area (Å²) in [5, 5.41) is 0. The van der Waals surface area contributed by atoms with Crippen LogP contribution in [-0.2, 0) is 6.18 Å². The first-order valence-corrected chi connectivity index (χ1v) is 7.40. The number of halogens is 4. The number of ketones is 1. The van der Waals surface area contributed by atoms with Gasteiger partial charge in [0.25, 0.3) is 0 Å². The maximum absolute atomic E-state index is 13.9. The Morgan fingerprint density at radius 1 is 1.18 bits per heavy atom. The van der Waals surface area contributed by atoms with Crippen LogP contribution in [0.25, 0.3) is 0 Å². The number of Topliss-reactive ketones (excluding diaryl/α,β-unsaturated/α-hetero) is 1. The third kappa shape index (κ3) is 2.64. The Morgan fingerprint density at radius 3 is 2.27 bits per heavy atom. The van der Waals surface area contributed by atoms with Gasteiger partial charge < -0.3 is 4.90 Å². The van der Waals surface area contributed by atoms with E-state index in [4.69, 9.17) is 0 Å². The van der Waals surface area contributed by atoms with E-state index in [1.54, 1.807) is 0 Å². The lowest BCUT2D eigenvalue weighted by molar-refractivity contribution is -0.137. The van der Waals surface area contributed by atoms with Gasteiger partial charge in [0.15, 0.2) is 5.78 Å². The van der Waals surface area contributed by atoms with Crippen LogP contribution >= 0.6 is 0 Å². The second-order valence-electron chi connectivity index (χ2n) is 6.28. The van der Waals surface area contributed by atoms with Crippen LogP contribution in [-0.4, -0.2) is 29.8 Å². The van der Waals surface area contributed by atoms with Crippen molar-refractivity contribution in [1.29, 1.82) is 0 Å². The highest BCUT2D eigenvalue weighted by Gasteiger charge is 2.41. The van der Waals surface area contributed by atoms with Crippen LogP contribution in [0.1, 0.15) is 41.6 Å². The molecule has 0 spiro atoms. The van der Waals surface area contributed by atoms with Gasteiger partial charge in [-0.3, -0.25) is 4.79 Å². The fourth-order valence-electron chi connectivity index (χ4n) is 3.74. The lowest BCUT2D eigenvalue weighted by atomic mass is 9.84. The molecule has 2 atom stereocenters. The predicted octanol–water partition coefficient (Wildman–Crippen LogP) is 3.90. The number of alkyl halides is 3. The maximum atomic E-state index is 13.9. The van der Waals surface area contributed by atoms with Crippen LogP contribution in [0, 0.1) is 11.7 Å². The summed E-state index contributed by atoms with van der Waals surface area (Å²) in [4.78, 5) is 14.7. The largest absolute Gasteiger partial charge is 0.416 e. The number of rotatable bonds is 2. The zero-order chi connectivity index (χ0) is 16.1. The van der Waals surface area contributed by atoms with E-state index >= 15 is 0 Å². The maximum Gasteiger partial charge on any atom is 0.416 e. The average Bonchev–Trinajstić information content (AvgIpc) is 2.67. The van der Waals surface area contributed by atoms with Crippen molar-refractivity contribution in [2.24, 2.45) is 5.92 Å². The average molecular weight is 315 g/mol. The van der Waals surface area contributed by atoms with E-state index in [1.165, 1.54) is 0 Å². The van der Waals surface area contributed by atoms with E-state index in [-0.39, 0.29) is 17.3 Å². The summed E-state index contributed by atoms with van der Waals surface area (Å²) >= 11 is 0. The molecular weight excluding hydrogens is 298 g/mol. The highest BCUT2D eigenvalue weighted by molar-refractivity contribution is 5.98. The van der Waals surface area contributed by atoms with Crippen molar-refractivity contribution in [3.05, 3.63) is 35.1 Å². The minimum absolute atomic E-state index is 0.220. The Kier molecular flexibility index (Phi) is 3.75. The summed E-state index contributed by atoms with van der Waals surface area (Å²) in [5.41, 5.74) is -1.29. The predicted molar refractivity (Wildman–Crippen MR) is 73.0 cm³/mol. The van der Waals surface area contributed by atoms with Gasteiger partial charge in [0, 0.05) is 18.0 Å². The van der Waals surface area contributed by atoms with Gasteiger partial charge in [-0.1, -0.05) is 0 Å². The monoisotopic (exact) mass is 315 g/mol. The van der Waals surface area contributed by atoms with Gasteiger partial charge in [-0.25, -0.2) is 4.39 Å². The summed E-state index contributed by atoms with van der Waals surface area (Å²) < 4.78 is 51.6. The first-order chi connectivity index (χ1) is 10.3. The Bertz CT molecular complexity index is 584. The molecule has 2 fully saturated rings. The molecule has 0 aromatic heterocycles. The molecular formula is C16H17F4NO. The normalized spacial score (nSPS) is 28.9. The van der Waals surface area contributed by atoms with Gasteiger partial charge in [-0.15, -0.1) is 0 Å². The third-order valence-corrected chi connectivity index (χ3v) is 5.03. The van der Waals surface area contributed by atoms with Gasteiger partial charge in [-0.2, -0.15) is 13.2 Å². The first kappa shape index (κ1) is 15.5. The van der Waals surface area contributed by atoms with E-state index < -0.39 is 17.6 Å². The number of fused-ring (bicyclic) bond motifs is 2. The highest BCUT2D eigenvalue weighted by Crippen LogP contribution is 2.39. The SMILES string of the molecule is CN1C2CCC1CC(C(=O)c1ccc(C(F)(F)F)cc1F)C2. The van der Waals surface area contributed by atoms with Crippen molar-refractivity contribution >= 4 is 5.78 Å². The van der Waals surface area contributed by atoms with Gasteiger partial charge in [0.2, 0.25) is 0 Å². The van der Waals surface area contributed by atoms with Crippen molar-refractivity contribution < 1.29 is 22.4 Å². The molecule has 2 aliphatic rings. The van der Waals surface area contributed by atoms with Crippen LogP contribution < -0.4 is 0 Å². The second kappa shape index (κ2) is 5.33. The smallest absolute Gasteiger partial charge is 0.300 e. The molecule has 3 rings (SSSR count). The first-order valence-electron chi connectivity index (χ1n) is 7.40. The standard InChI is InChI=1S/C16H17F4NO/c1-21-11-3-4-12(21)7-9(6-11)15(22)13-5-2-10(8-14(13)17)16(18,19)20/h2,5,8-9,11-12H,3-4,6-7H2,1H3. The van der Waals surface area contributed by atoms with Gasteiger partial charge in [0.1, 0.15) is 5.82 Å². The molecule has 22 heavy (non-hydrogen) atoms. The minimum Gasteiger partial charge on any atom is -0.300 e. The topological polar surface area (TPSA) is 20.3 Å². The molecule has 2 unspecified atom stereocenters. The van der Waals surface area contributed by atoms with Crippen molar-refractivity contribution in [2.75, 3.05) is 7.05 Å². The molecule has 2 nitrogen and oxygen atoms in total. The van der Waals surface area contributed by atoms with Crippen molar-refractivity contribution in [3.63, 3.8) is 0 Å². The lowest BCUT2D eigenvalue weighted by Crippen LogP contribution is -2.42. The van der Waals surface area contributed by atoms with Crippen LogP contribution in [0.3, 0.4) is 0 Å². The molecule has 0 N–H and O–H groups in total. The summed E-state index contributed by atoms with van der Waals surface area (Å²) in [5.74, 6) is -1.73. The van der Waals surface area contributed by atoms with Crippen LogP contribution in [0.2, 0.25) is 0 Å². The van der Waals surface area contributed by atoms with Crippen LogP contribution in [0.15, 0.2) is 18.2 Å². The van der Waals surface area contributed by atoms with Crippen LogP contribution in [0.5, 0.6) is 0 Å². The van der Waals surface area contributed by atoms with Crippen molar-refractivity contribution in [3.8, 4) is 0 Å². The molecule has 2 saturated heterocycles. The second-order valence-corrected chi connectivity index (χ2v) is 6.28. The van der Waals surface area contributed by atoms with Gasteiger partial charge in [-0.05, 0) is 50.9 Å². The molecule has 6 heteroatoms. The molecule has 2 bridgehead atoms. The number of carbonyl (C=O) groups excluding carboxylic acids is 1. The summed E-state index contributed by atoms with van der Waals surface area (Å²) in [7, 11) is 2.03. The summed E-state index contributed by atoms with van der Waals surface area (Å²) in [6, 6.07) is 2.81. The Hall–Kier alpha value is -1.43. The number of benzene rings is 1. The van der Waals surface area contributed by atoms with E-state index in [0.717, 1.165) is 25.0 Å². The molecule has 0 saturated carbocycles. The fraction of sp³-hybridized carbons (Fsp3) is 0.562. The Labute approximate surface area is 126 Å². The molecule has 0 amide bonds. The quantitative estimate of drug-likeness (QED) is 0.609. The Morgan fingerprint density at radius 2 is 1.77 bits per heavy atom. The number of hydrogen-bond acceptors (Lipinski definition) is 2. The van der Waals surface area contributed by atoms with Crippen LogP contribution in [0.4, 0.5) is 17.6 Å². The molecule has 1 aromatic rings. The number of hydrogen-bond donors (Lipinski definition) is 0. The number of nitrogens with zero attached hydrogens (tertiary/aromatic N) is 1. The summed E-state index contributed by atoms with van der Waals surface area (Å²) in [6.45, 7) is 0. The molecule has 1 aromatic carbocycles. The van der Waals surface area contributed by atoms with E-state index in [9.17, 15) is 22.4 Å². The zero-order valence-corrected chi connectivity index (χ0v) is 12.2. The summed E-state index contributed by atoms with van der Waals surface area (Å²) in [6.07, 6.45) is -1.23. The van der Waals surface area contributed by atoms with Gasteiger partial charge >= 0.3 is 6.18 Å². The van der Waals surface area contributed by atoms with E-state index in [1.807, 2.05) is 7.05 Å². The fourth-order valence-corrected chi connectivity index (χ4v) is 3.74. The third-order valence-electron chi connectivity index (χ3n) is 5.03. The van der Waals surface area contributed by atoms with E-state index in [0.29, 0.717) is 31.0 Å². The number of piperidine rings is 1. The minimum atomic E-state index is -4.60. The molecule has 120 valence electrons. The van der Waals surface area contributed by atoms with E-state index in [2.05, 4.69) is 4.90 Å². The molecule has 0 radical (unpaired) electrons. The molecule has 2 heterocycles. The highest BCUT2D eigenvalue weighted by atomic mass is 19.4. The molecule has 0 aliphatic carbocycles. The molecule has 2 aliphatic heterocycles. The Balaban J connectivity index is 1.81.